The van der Waals surface area contributed by atoms with Crippen molar-refractivity contribution >= 4 is 56.6 Å². The molecular weight excluding hydrogens is 464 g/mol. The van der Waals surface area contributed by atoms with Gasteiger partial charge in [0.15, 0.2) is 0 Å². The summed E-state index contributed by atoms with van der Waals surface area (Å²) >= 11 is 7.04. The molecule has 3 rings (SSSR count). The summed E-state index contributed by atoms with van der Waals surface area (Å²) in [4.78, 5) is 30.2. The molecule has 1 aliphatic heterocycles. The summed E-state index contributed by atoms with van der Waals surface area (Å²) in [6, 6.07) is 5.81. The van der Waals surface area contributed by atoms with Gasteiger partial charge in [0, 0.05) is 48.0 Å². The zero-order valence-corrected chi connectivity index (χ0v) is 18.7. The Kier molecular flexibility index (Phi) is 7.65. The van der Waals surface area contributed by atoms with Crippen molar-refractivity contribution in [1.29, 1.82) is 0 Å². The Morgan fingerprint density at radius 1 is 1.35 bits per heavy atom. The second-order valence-corrected chi connectivity index (χ2v) is 10.2. The van der Waals surface area contributed by atoms with Gasteiger partial charge in [-0.15, -0.1) is 11.3 Å². The number of nitrogens with zero attached hydrogens (tertiary/aromatic N) is 3. The molecular formula is C19H21ClN4O5S2. The smallest absolute Gasteiger partial charge is 0.318 e. The number of sulfonamides is 1. The monoisotopic (exact) mass is 484 g/mol. The summed E-state index contributed by atoms with van der Waals surface area (Å²) in [5.74, 6) is -1.74. The molecule has 2 aromatic heterocycles. The normalized spacial score (nSPS) is 17.0. The second-order valence-electron chi connectivity index (χ2n) is 6.72. The number of hydrogen-bond donors (Lipinski definition) is 2. The molecule has 0 spiro atoms. The van der Waals surface area contributed by atoms with Crippen molar-refractivity contribution in [3.05, 3.63) is 51.3 Å². The molecule has 1 aliphatic rings. The van der Waals surface area contributed by atoms with Crippen LogP contribution in [-0.2, 0) is 19.6 Å². The molecule has 1 unspecified atom stereocenters. The predicted octanol–water partition coefficient (Wildman–Crippen LogP) is 2.20. The number of carboxylic acids is 1. The maximum atomic E-state index is 12.8. The van der Waals surface area contributed by atoms with Crippen molar-refractivity contribution in [2.75, 3.05) is 31.5 Å². The topological polar surface area (TPSA) is 120 Å². The van der Waals surface area contributed by atoms with Gasteiger partial charge in [-0.25, -0.2) is 8.42 Å². The lowest BCUT2D eigenvalue weighted by Gasteiger charge is -2.24. The van der Waals surface area contributed by atoms with Gasteiger partial charge in [0.05, 0.1) is 4.34 Å². The molecule has 3 heterocycles. The van der Waals surface area contributed by atoms with Crippen LogP contribution in [0.4, 0.5) is 5.69 Å². The second kappa shape index (κ2) is 10.2. The summed E-state index contributed by atoms with van der Waals surface area (Å²) in [6.45, 7) is 0.379. The van der Waals surface area contributed by atoms with E-state index < -0.39 is 34.5 Å². The molecule has 1 saturated heterocycles. The summed E-state index contributed by atoms with van der Waals surface area (Å²) in [5, 5.41) is 13.3. The highest BCUT2D eigenvalue weighted by Gasteiger charge is 2.41. The Bertz CT molecular complexity index is 1060. The van der Waals surface area contributed by atoms with Crippen LogP contribution >= 0.6 is 22.9 Å². The van der Waals surface area contributed by atoms with Crippen molar-refractivity contribution < 1.29 is 23.1 Å². The molecule has 0 radical (unpaired) electrons. The minimum atomic E-state index is -4.14. The van der Waals surface area contributed by atoms with Crippen LogP contribution in [0.1, 0.15) is 11.3 Å². The molecule has 0 aliphatic carbocycles. The van der Waals surface area contributed by atoms with Gasteiger partial charge in [-0.1, -0.05) is 11.6 Å². The van der Waals surface area contributed by atoms with E-state index >= 15 is 0 Å². The van der Waals surface area contributed by atoms with Crippen LogP contribution in [0.2, 0.25) is 4.34 Å². The maximum Gasteiger partial charge on any atom is 0.318 e. The number of pyridine rings is 1. The van der Waals surface area contributed by atoms with E-state index in [1.54, 1.807) is 36.7 Å². The van der Waals surface area contributed by atoms with Crippen LogP contribution in [-0.4, -0.2) is 71.8 Å². The Labute approximate surface area is 189 Å². The molecule has 0 aromatic carbocycles. The van der Waals surface area contributed by atoms with Crippen molar-refractivity contribution in [1.82, 2.24) is 14.2 Å². The van der Waals surface area contributed by atoms with E-state index in [9.17, 15) is 23.1 Å². The third-order valence-electron chi connectivity index (χ3n) is 4.62. The van der Waals surface area contributed by atoms with E-state index in [1.807, 2.05) is 0 Å². The number of hydrogen-bond acceptors (Lipinski definition) is 7. The van der Waals surface area contributed by atoms with Gasteiger partial charge in [0.2, 0.25) is 15.9 Å². The number of carbonyl (C=O) groups is 2. The van der Waals surface area contributed by atoms with Crippen molar-refractivity contribution in [2.45, 2.75) is 12.5 Å². The van der Waals surface area contributed by atoms with Crippen LogP contribution in [0.25, 0.3) is 6.08 Å². The number of thiophene rings is 1. The molecule has 0 saturated carbocycles. The van der Waals surface area contributed by atoms with Gasteiger partial charge in [-0.05, 0) is 36.8 Å². The lowest BCUT2D eigenvalue weighted by Crippen LogP contribution is -2.47. The first-order valence-corrected chi connectivity index (χ1v) is 12.1. The maximum absolute atomic E-state index is 12.8. The quantitative estimate of drug-likeness (QED) is 0.530. The third kappa shape index (κ3) is 6.26. The first-order chi connectivity index (χ1) is 14.8. The summed E-state index contributed by atoms with van der Waals surface area (Å²) in [5.41, 5.74) is 0.854. The van der Waals surface area contributed by atoms with Gasteiger partial charge in [0.1, 0.15) is 12.6 Å². The zero-order valence-electron chi connectivity index (χ0n) is 16.3. The van der Waals surface area contributed by atoms with Crippen LogP contribution in [0.15, 0.2) is 42.1 Å². The molecule has 166 valence electrons. The number of carbonyl (C=O) groups excluding carboxylic acids is 1. The molecule has 1 fully saturated rings. The number of aromatic nitrogens is 1. The predicted molar refractivity (Wildman–Crippen MR) is 119 cm³/mol. The molecule has 31 heavy (non-hydrogen) atoms. The van der Waals surface area contributed by atoms with Crippen LogP contribution in [0, 0.1) is 0 Å². The third-order valence-corrected chi connectivity index (χ3v) is 7.34. The lowest BCUT2D eigenvalue weighted by atomic mass is 10.2. The van der Waals surface area contributed by atoms with Gasteiger partial charge in [-0.3, -0.25) is 14.6 Å². The number of carboxylic acid groups (broad SMARTS) is 1. The number of amides is 1. The summed E-state index contributed by atoms with van der Waals surface area (Å²) in [7, 11) is -4.14. The standard InChI is InChI=1S/C19H21ClN4O5S2/c20-17-2-1-15(30-17)6-12-31(28,29)24(13-18(25)26)16-5-10-23(19(16)27)11-9-22-14-3-7-21-8-4-14/h1-4,6-8,12,16H,5,9-11,13H2,(H,21,22)(H,25,26). The molecule has 9 nitrogen and oxygen atoms in total. The van der Waals surface area contributed by atoms with E-state index in [1.165, 1.54) is 22.3 Å². The average molecular weight is 485 g/mol. The number of rotatable bonds is 10. The van der Waals surface area contributed by atoms with E-state index in [0.717, 1.165) is 15.4 Å². The van der Waals surface area contributed by atoms with Gasteiger partial charge in [0.25, 0.3) is 0 Å². The van der Waals surface area contributed by atoms with E-state index in [4.69, 9.17) is 11.6 Å². The molecule has 1 amide bonds. The molecule has 2 N–H and O–H groups in total. The number of anilines is 1. The van der Waals surface area contributed by atoms with Crippen LogP contribution in [0.5, 0.6) is 0 Å². The fraction of sp³-hybridized carbons (Fsp3) is 0.316. The fourth-order valence-corrected chi connectivity index (χ4v) is 5.54. The Hall–Kier alpha value is -2.47. The van der Waals surface area contributed by atoms with Crippen molar-refractivity contribution in [3.8, 4) is 0 Å². The first-order valence-electron chi connectivity index (χ1n) is 9.36. The van der Waals surface area contributed by atoms with E-state index in [-0.39, 0.29) is 6.42 Å². The zero-order chi connectivity index (χ0) is 22.4. The Balaban J connectivity index is 1.68. The van der Waals surface area contributed by atoms with E-state index in [0.29, 0.717) is 28.8 Å². The number of halogens is 1. The van der Waals surface area contributed by atoms with Crippen molar-refractivity contribution in [2.24, 2.45) is 0 Å². The summed E-state index contributed by atoms with van der Waals surface area (Å²) < 4.78 is 26.9. The van der Waals surface area contributed by atoms with Crippen LogP contribution < -0.4 is 5.32 Å². The number of nitrogens with one attached hydrogen (secondary N) is 1. The Morgan fingerprint density at radius 3 is 2.74 bits per heavy atom. The number of likely N-dealkylation sites (tertiary alicyclic amines) is 1. The van der Waals surface area contributed by atoms with Crippen LogP contribution in [0.3, 0.4) is 0 Å². The highest BCUT2D eigenvalue weighted by Crippen LogP contribution is 2.25. The molecule has 12 heteroatoms. The largest absolute Gasteiger partial charge is 0.480 e. The van der Waals surface area contributed by atoms with Gasteiger partial charge < -0.3 is 15.3 Å². The Morgan fingerprint density at radius 2 is 2.10 bits per heavy atom. The molecule has 0 bridgehead atoms. The highest BCUT2D eigenvalue weighted by atomic mass is 35.5. The highest BCUT2D eigenvalue weighted by molar-refractivity contribution is 7.92. The van der Waals surface area contributed by atoms with E-state index in [2.05, 4.69) is 10.3 Å². The number of aliphatic carboxylic acids is 1. The van der Waals surface area contributed by atoms with Gasteiger partial charge in [-0.2, -0.15) is 4.31 Å². The SMILES string of the molecule is O=C(O)CN(C1CCN(CCNc2ccncc2)C1=O)S(=O)(=O)C=Cc1ccc(Cl)s1. The first kappa shape index (κ1) is 23.2. The minimum absolute atomic E-state index is 0.221. The average Bonchev–Trinajstić information content (AvgIpc) is 3.31. The molecule has 2 aromatic rings. The minimum Gasteiger partial charge on any atom is -0.480 e. The van der Waals surface area contributed by atoms with Crippen molar-refractivity contribution in [3.63, 3.8) is 0 Å². The van der Waals surface area contributed by atoms with Gasteiger partial charge >= 0.3 is 5.97 Å². The fourth-order valence-electron chi connectivity index (χ4n) is 3.18. The summed E-state index contributed by atoms with van der Waals surface area (Å²) in [6.07, 6.45) is 4.85. The molecule has 1 atom stereocenters. The lowest BCUT2D eigenvalue weighted by molar-refractivity contribution is -0.138.